The Kier molecular flexibility index (Phi) is 5.81. The summed E-state index contributed by atoms with van der Waals surface area (Å²) in [7, 11) is 0. The average molecular weight is 395 g/mol. The van der Waals surface area contributed by atoms with Gasteiger partial charge >= 0.3 is 0 Å². The molecule has 0 atom stereocenters. The van der Waals surface area contributed by atoms with Crippen LogP contribution in [0.3, 0.4) is 0 Å². The van der Waals surface area contributed by atoms with Crippen LogP contribution in [0.25, 0.3) is 11.4 Å². The van der Waals surface area contributed by atoms with E-state index in [9.17, 15) is 9.59 Å². The largest absolute Gasteiger partial charge is 0.336 e. The van der Waals surface area contributed by atoms with Gasteiger partial charge in [-0.3, -0.25) is 19.1 Å². The summed E-state index contributed by atoms with van der Waals surface area (Å²) in [4.78, 5) is 34.4. The van der Waals surface area contributed by atoms with E-state index in [1.807, 2.05) is 43.0 Å². The Morgan fingerprint density at radius 3 is 2.48 bits per heavy atom. The standard InChI is InChI=1S/C23H30N4O2/c1-17(2)22(28)27-11-10-24-21(27)18-6-5-7-19(16-18)23(29)26-14-12-25(13-15-26)20-8-3-4-9-20/h5-7,10-11,16-17,20H,3-4,8-9,12-15H2,1-2H3. The van der Waals surface area contributed by atoms with Gasteiger partial charge in [0.15, 0.2) is 0 Å². The van der Waals surface area contributed by atoms with Gasteiger partial charge in [-0.15, -0.1) is 0 Å². The molecule has 29 heavy (non-hydrogen) atoms. The maximum atomic E-state index is 13.1. The number of carbonyl (C=O) groups excluding carboxylic acids is 2. The van der Waals surface area contributed by atoms with Crippen LogP contribution in [0.1, 0.15) is 54.7 Å². The number of rotatable bonds is 4. The van der Waals surface area contributed by atoms with Crippen LogP contribution in [0, 0.1) is 5.92 Å². The molecule has 0 unspecified atom stereocenters. The predicted molar refractivity (Wildman–Crippen MR) is 113 cm³/mol. The molecule has 0 radical (unpaired) electrons. The number of carbonyl (C=O) groups is 2. The first-order valence-corrected chi connectivity index (χ1v) is 10.8. The van der Waals surface area contributed by atoms with E-state index >= 15 is 0 Å². The molecule has 2 heterocycles. The maximum absolute atomic E-state index is 13.1. The third-order valence-electron chi connectivity index (χ3n) is 6.18. The van der Waals surface area contributed by atoms with Crippen molar-refractivity contribution in [1.82, 2.24) is 19.4 Å². The number of nitrogens with zero attached hydrogens (tertiary/aromatic N) is 4. The zero-order valence-corrected chi connectivity index (χ0v) is 17.4. The van der Waals surface area contributed by atoms with Crippen LogP contribution in [0.5, 0.6) is 0 Å². The summed E-state index contributed by atoms with van der Waals surface area (Å²) in [6.45, 7) is 7.22. The second kappa shape index (κ2) is 8.49. The molecule has 0 bridgehead atoms. The Labute approximate surface area is 172 Å². The van der Waals surface area contributed by atoms with E-state index in [4.69, 9.17) is 0 Å². The van der Waals surface area contributed by atoms with Crippen molar-refractivity contribution in [3.63, 3.8) is 0 Å². The minimum absolute atomic E-state index is 0.00253. The molecule has 1 amide bonds. The number of imidazole rings is 1. The van der Waals surface area contributed by atoms with Gasteiger partial charge in [0, 0.05) is 61.7 Å². The highest BCUT2D eigenvalue weighted by Gasteiger charge is 2.28. The van der Waals surface area contributed by atoms with Gasteiger partial charge in [0.05, 0.1) is 0 Å². The fourth-order valence-corrected chi connectivity index (χ4v) is 4.51. The molecule has 154 valence electrons. The van der Waals surface area contributed by atoms with Crippen molar-refractivity contribution >= 4 is 11.8 Å². The minimum Gasteiger partial charge on any atom is -0.336 e. The quantitative estimate of drug-likeness (QED) is 0.796. The molecule has 4 rings (SSSR count). The molecule has 2 fully saturated rings. The lowest BCUT2D eigenvalue weighted by Crippen LogP contribution is -2.51. The molecule has 0 N–H and O–H groups in total. The number of benzene rings is 1. The molecular weight excluding hydrogens is 364 g/mol. The lowest BCUT2D eigenvalue weighted by molar-refractivity contribution is 0.0573. The zero-order chi connectivity index (χ0) is 20.4. The average Bonchev–Trinajstić information content (AvgIpc) is 3.45. The van der Waals surface area contributed by atoms with Crippen molar-refractivity contribution in [2.24, 2.45) is 5.92 Å². The fraction of sp³-hybridized carbons (Fsp3) is 0.522. The first kappa shape index (κ1) is 19.8. The molecular formula is C23H30N4O2. The second-order valence-electron chi connectivity index (χ2n) is 8.46. The summed E-state index contributed by atoms with van der Waals surface area (Å²) in [5, 5.41) is 0. The number of hydrogen-bond donors (Lipinski definition) is 0. The van der Waals surface area contributed by atoms with E-state index in [1.165, 1.54) is 25.7 Å². The molecule has 6 heteroatoms. The topological polar surface area (TPSA) is 58.4 Å². The Morgan fingerprint density at radius 2 is 1.79 bits per heavy atom. The number of aromatic nitrogens is 2. The third kappa shape index (κ3) is 4.13. The van der Waals surface area contributed by atoms with Crippen LogP contribution in [0.4, 0.5) is 0 Å². The number of amides is 1. The summed E-state index contributed by atoms with van der Waals surface area (Å²) in [5.41, 5.74) is 1.45. The van der Waals surface area contributed by atoms with Gasteiger partial charge in [-0.25, -0.2) is 4.98 Å². The summed E-state index contributed by atoms with van der Waals surface area (Å²) in [5.74, 6) is 0.525. The molecule has 1 aromatic heterocycles. The Morgan fingerprint density at radius 1 is 1.07 bits per heavy atom. The van der Waals surface area contributed by atoms with Crippen molar-refractivity contribution in [2.45, 2.75) is 45.6 Å². The van der Waals surface area contributed by atoms with Gasteiger partial charge in [0.2, 0.25) is 5.91 Å². The molecule has 1 saturated heterocycles. The molecule has 1 aromatic carbocycles. The van der Waals surface area contributed by atoms with E-state index < -0.39 is 0 Å². The Balaban J connectivity index is 1.47. The molecule has 2 aliphatic rings. The van der Waals surface area contributed by atoms with E-state index in [2.05, 4.69) is 9.88 Å². The highest BCUT2D eigenvalue weighted by atomic mass is 16.2. The molecule has 1 aliphatic heterocycles. The normalized spacial score (nSPS) is 18.5. The zero-order valence-electron chi connectivity index (χ0n) is 17.4. The Bertz CT molecular complexity index is 875. The maximum Gasteiger partial charge on any atom is 0.253 e. The summed E-state index contributed by atoms with van der Waals surface area (Å²) >= 11 is 0. The van der Waals surface area contributed by atoms with Gasteiger partial charge in [-0.05, 0) is 25.0 Å². The van der Waals surface area contributed by atoms with Crippen LogP contribution < -0.4 is 0 Å². The summed E-state index contributed by atoms with van der Waals surface area (Å²) in [6, 6.07) is 8.20. The van der Waals surface area contributed by atoms with Crippen molar-refractivity contribution in [3.8, 4) is 11.4 Å². The van der Waals surface area contributed by atoms with E-state index in [1.54, 1.807) is 17.0 Å². The van der Waals surface area contributed by atoms with Crippen molar-refractivity contribution in [3.05, 3.63) is 42.2 Å². The van der Waals surface area contributed by atoms with Crippen LogP contribution in [-0.4, -0.2) is 63.4 Å². The molecule has 6 nitrogen and oxygen atoms in total. The van der Waals surface area contributed by atoms with E-state index in [0.717, 1.165) is 31.7 Å². The van der Waals surface area contributed by atoms with Crippen LogP contribution in [0.15, 0.2) is 36.7 Å². The predicted octanol–water partition coefficient (Wildman–Crippen LogP) is 3.55. The van der Waals surface area contributed by atoms with E-state index in [0.29, 0.717) is 17.4 Å². The smallest absolute Gasteiger partial charge is 0.253 e. The van der Waals surface area contributed by atoms with Gasteiger partial charge < -0.3 is 4.90 Å². The van der Waals surface area contributed by atoms with Gasteiger partial charge in [-0.2, -0.15) is 0 Å². The van der Waals surface area contributed by atoms with E-state index in [-0.39, 0.29) is 17.7 Å². The summed E-state index contributed by atoms with van der Waals surface area (Å²) < 4.78 is 1.58. The first-order valence-electron chi connectivity index (χ1n) is 10.8. The Hall–Kier alpha value is -2.47. The lowest BCUT2D eigenvalue weighted by Gasteiger charge is -2.38. The highest BCUT2D eigenvalue weighted by molar-refractivity contribution is 5.95. The molecule has 1 saturated carbocycles. The van der Waals surface area contributed by atoms with Gasteiger partial charge in [0.25, 0.3) is 5.91 Å². The fourth-order valence-electron chi connectivity index (χ4n) is 4.51. The first-order chi connectivity index (χ1) is 14.0. The SMILES string of the molecule is CC(C)C(=O)n1ccnc1-c1cccc(C(=O)N2CCN(C3CCCC3)CC2)c1. The van der Waals surface area contributed by atoms with Crippen molar-refractivity contribution < 1.29 is 9.59 Å². The molecule has 0 spiro atoms. The van der Waals surface area contributed by atoms with Gasteiger partial charge in [0.1, 0.15) is 5.82 Å². The van der Waals surface area contributed by atoms with Crippen LogP contribution in [-0.2, 0) is 0 Å². The van der Waals surface area contributed by atoms with Crippen LogP contribution >= 0.6 is 0 Å². The highest BCUT2D eigenvalue weighted by Crippen LogP contribution is 2.25. The van der Waals surface area contributed by atoms with Crippen molar-refractivity contribution in [1.29, 1.82) is 0 Å². The molecule has 2 aromatic rings. The summed E-state index contributed by atoms with van der Waals surface area (Å²) in [6.07, 6.45) is 8.60. The third-order valence-corrected chi connectivity index (χ3v) is 6.18. The number of hydrogen-bond acceptors (Lipinski definition) is 4. The monoisotopic (exact) mass is 394 g/mol. The van der Waals surface area contributed by atoms with Crippen molar-refractivity contribution in [2.75, 3.05) is 26.2 Å². The molecule has 1 aliphatic carbocycles. The van der Waals surface area contributed by atoms with Crippen LogP contribution in [0.2, 0.25) is 0 Å². The van der Waals surface area contributed by atoms with Gasteiger partial charge in [-0.1, -0.05) is 38.8 Å². The number of piperazine rings is 1. The minimum atomic E-state index is -0.121. The lowest BCUT2D eigenvalue weighted by atomic mass is 10.1. The second-order valence-corrected chi connectivity index (χ2v) is 8.46.